The van der Waals surface area contributed by atoms with Gasteiger partial charge in [-0.05, 0) is 25.5 Å². The fraction of sp³-hybridized carbons (Fsp3) is 0.278. The van der Waals surface area contributed by atoms with E-state index < -0.39 is 6.10 Å². The van der Waals surface area contributed by atoms with E-state index in [9.17, 15) is 4.79 Å². The van der Waals surface area contributed by atoms with E-state index >= 15 is 0 Å². The van der Waals surface area contributed by atoms with Crippen molar-refractivity contribution in [1.29, 1.82) is 0 Å². The molecule has 1 atom stereocenters. The van der Waals surface area contributed by atoms with Crippen LogP contribution in [0.25, 0.3) is 21.9 Å². The van der Waals surface area contributed by atoms with Crippen LogP contribution in [-0.4, -0.2) is 18.7 Å². The summed E-state index contributed by atoms with van der Waals surface area (Å²) in [7, 11) is 0. The first-order valence-corrected chi connectivity index (χ1v) is 7.48. The molecule has 0 aliphatic carbocycles. The zero-order valence-corrected chi connectivity index (χ0v) is 12.7. The van der Waals surface area contributed by atoms with Crippen LogP contribution in [0, 0.1) is 0 Å². The molecule has 1 unspecified atom stereocenters. The van der Waals surface area contributed by atoms with Gasteiger partial charge in [0.2, 0.25) is 0 Å². The molecule has 3 rings (SSSR count). The molecule has 3 aromatic rings. The molecule has 22 heavy (non-hydrogen) atoms. The van der Waals surface area contributed by atoms with Crippen LogP contribution < -0.4 is 4.74 Å². The van der Waals surface area contributed by atoms with Crippen molar-refractivity contribution in [2.24, 2.45) is 0 Å². The zero-order chi connectivity index (χ0) is 15.5. The first kappa shape index (κ1) is 14.4. The molecule has 0 saturated carbocycles. The molecule has 114 valence electrons. The monoisotopic (exact) mass is 298 g/mol. The van der Waals surface area contributed by atoms with Gasteiger partial charge in [-0.15, -0.1) is 0 Å². The van der Waals surface area contributed by atoms with Crippen molar-refractivity contribution in [3.8, 4) is 5.75 Å². The summed E-state index contributed by atoms with van der Waals surface area (Å²) in [5.74, 6) is 0.215. The van der Waals surface area contributed by atoms with Crippen molar-refractivity contribution in [2.45, 2.75) is 26.4 Å². The first-order chi connectivity index (χ1) is 10.7. The molecule has 0 N–H and O–H groups in total. The molecule has 0 spiro atoms. The zero-order valence-electron chi connectivity index (χ0n) is 12.7. The number of carbonyl (C=O) groups excluding carboxylic acids is 1. The number of carbonyl (C=O) groups is 1. The first-order valence-electron chi connectivity index (χ1n) is 7.48. The molecule has 0 aliphatic rings. The quantitative estimate of drug-likeness (QED) is 0.659. The Hall–Kier alpha value is -2.49. The maximum Gasteiger partial charge on any atom is 0.347 e. The third-order valence-electron chi connectivity index (χ3n) is 3.56. The molecular formula is C18H18O4. The van der Waals surface area contributed by atoms with Gasteiger partial charge in [-0.1, -0.05) is 37.3 Å². The normalized spacial score (nSPS) is 12.5. The van der Waals surface area contributed by atoms with Gasteiger partial charge in [-0.2, -0.15) is 0 Å². The van der Waals surface area contributed by atoms with E-state index in [4.69, 9.17) is 13.9 Å². The average Bonchev–Trinajstić information content (AvgIpc) is 2.92. The Morgan fingerprint density at radius 2 is 1.86 bits per heavy atom. The summed E-state index contributed by atoms with van der Waals surface area (Å²) in [6.07, 6.45) is -0.0890. The molecule has 1 heterocycles. The smallest absolute Gasteiger partial charge is 0.347 e. The minimum absolute atomic E-state index is 0.341. The number of benzene rings is 2. The molecule has 2 aromatic carbocycles. The van der Waals surface area contributed by atoms with E-state index in [0.717, 1.165) is 16.4 Å². The highest BCUT2D eigenvalue weighted by atomic mass is 16.6. The molecule has 0 fully saturated rings. The number of esters is 1. The van der Waals surface area contributed by atoms with E-state index in [1.165, 1.54) is 0 Å². The lowest BCUT2D eigenvalue weighted by molar-refractivity contribution is -0.151. The second-order valence-corrected chi connectivity index (χ2v) is 5.00. The number of rotatable bonds is 5. The van der Waals surface area contributed by atoms with Crippen molar-refractivity contribution >= 4 is 27.9 Å². The predicted octanol–water partition coefficient (Wildman–Crippen LogP) is 4.31. The van der Waals surface area contributed by atoms with Gasteiger partial charge in [0.25, 0.3) is 0 Å². The maximum atomic E-state index is 11.9. The van der Waals surface area contributed by atoms with Crippen LogP contribution in [0.15, 0.2) is 46.9 Å². The number of hydrogen-bond donors (Lipinski definition) is 0. The number of ether oxygens (including phenoxy) is 2. The summed E-state index contributed by atoms with van der Waals surface area (Å²) < 4.78 is 16.8. The van der Waals surface area contributed by atoms with Gasteiger partial charge in [0, 0.05) is 10.8 Å². The lowest BCUT2D eigenvalue weighted by Gasteiger charge is -2.15. The Balaban J connectivity index is 2.01. The highest BCUT2D eigenvalue weighted by Crippen LogP contribution is 2.35. The third-order valence-corrected chi connectivity index (χ3v) is 3.56. The summed E-state index contributed by atoms with van der Waals surface area (Å²) >= 11 is 0. The van der Waals surface area contributed by atoms with Crippen molar-refractivity contribution in [3.05, 3.63) is 42.5 Å². The maximum absolute atomic E-state index is 11.9. The highest BCUT2D eigenvalue weighted by molar-refractivity contribution is 6.06. The number of fused-ring (bicyclic) bond motifs is 3. The number of hydrogen-bond acceptors (Lipinski definition) is 4. The van der Waals surface area contributed by atoms with Crippen LogP contribution in [0.2, 0.25) is 0 Å². The summed E-state index contributed by atoms with van der Waals surface area (Å²) in [4.78, 5) is 11.9. The number of furan rings is 1. The Kier molecular flexibility index (Phi) is 4.00. The van der Waals surface area contributed by atoms with Crippen LogP contribution in [0.3, 0.4) is 0 Å². The molecule has 0 radical (unpaired) electrons. The van der Waals surface area contributed by atoms with Crippen molar-refractivity contribution in [3.63, 3.8) is 0 Å². The van der Waals surface area contributed by atoms with Crippen molar-refractivity contribution in [2.75, 3.05) is 6.61 Å². The van der Waals surface area contributed by atoms with Crippen LogP contribution >= 0.6 is 0 Å². The third kappa shape index (κ3) is 2.52. The van der Waals surface area contributed by atoms with Crippen LogP contribution in [0.1, 0.15) is 20.3 Å². The summed E-state index contributed by atoms with van der Waals surface area (Å²) in [5.41, 5.74) is 1.46. The SMILES string of the molecule is CCOC(=O)C(CC)Oc1cccc2c1oc1ccccc12. The Morgan fingerprint density at radius 3 is 2.64 bits per heavy atom. The second-order valence-electron chi connectivity index (χ2n) is 5.00. The van der Waals surface area contributed by atoms with Crippen LogP contribution in [0.4, 0.5) is 0 Å². The fourth-order valence-corrected chi connectivity index (χ4v) is 2.50. The molecular weight excluding hydrogens is 280 g/mol. The van der Waals surface area contributed by atoms with E-state index in [2.05, 4.69) is 0 Å². The molecule has 1 aromatic heterocycles. The van der Waals surface area contributed by atoms with Gasteiger partial charge >= 0.3 is 5.97 Å². The Labute approximate surface area is 128 Å². The van der Waals surface area contributed by atoms with Crippen molar-refractivity contribution in [1.82, 2.24) is 0 Å². The second kappa shape index (κ2) is 6.10. The lowest BCUT2D eigenvalue weighted by atomic mass is 10.1. The Bertz CT molecular complexity index is 803. The molecule has 0 bridgehead atoms. The lowest BCUT2D eigenvalue weighted by Crippen LogP contribution is -2.28. The van der Waals surface area contributed by atoms with E-state index in [-0.39, 0.29) is 5.97 Å². The van der Waals surface area contributed by atoms with Gasteiger partial charge < -0.3 is 13.9 Å². The van der Waals surface area contributed by atoms with Gasteiger partial charge in [0.15, 0.2) is 17.4 Å². The molecule has 0 aliphatic heterocycles. The Morgan fingerprint density at radius 1 is 1.09 bits per heavy atom. The van der Waals surface area contributed by atoms with Crippen LogP contribution in [0.5, 0.6) is 5.75 Å². The largest absolute Gasteiger partial charge is 0.475 e. The van der Waals surface area contributed by atoms with E-state index in [1.54, 1.807) is 6.92 Å². The van der Waals surface area contributed by atoms with Crippen molar-refractivity contribution < 1.29 is 18.7 Å². The minimum Gasteiger partial charge on any atom is -0.475 e. The van der Waals surface area contributed by atoms with Gasteiger partial charge in [0.05, 0.1) is 6.61 Å². The van der Waals surface area contributed by atoms with E-state index in [0.29, 0.717) is 24.4 Å². The highest BCUT2D eigenvalue weighted by Gasteiger charge is 2.21. The summed E-state index contributed by atoms with van der Waals surface area (Å²) in [6, 6.07) is 13.5. The van der Waals surface area contributed by atoms with Gasteiger partial charge in [-0.25, -0.2) is 4.79 Å². The number of para-hydroxylation sites is 2. The fourth-order valence-electron chi connectivity index (χ4n) is 2.50. The standard InChI is InChI=1S/C18H18O4/c1-3-14(18(19)20-4-2)21-16-11-7-9-13-12-8-5-6-10-15(12)22-17(13)16/h5-11,14H,3-4H2,1-2H3. The molecule has 0 amide bonds. The summed E-state index contributed by atoms with van der Waals surface area (Å²) in [5, 5.41) is 2.01. The van der Waals surface area contributed by atoms with Crippen LogP contribution in [-0.2, 0) is 9.53 Å². The summed E-state index contributed by atoms with van der Waals surface area (Å²) in [6.45, 7) is 4.01. The predicted molar refractivity (Wildman–Crippen MR) is 85.1 cm³/mol. The molecule has 4 heteroatoms. The topological polar surface area (TPSA) is 48.7 Å². The minimum atomic E-state index is -0.626. The van der Waals surface area contributed by atoms with Gasteiger partial charge in [-0.3, -0.25) is 0 Å². The molecule has 4 nitrogen and oxygen atoms in total. The van der Waals surface area contributed by atoms with Gasteiger partial charge in [0.1, 0.15) is 5.58 Å². The molecule has 0 saturated heterocycles. The van der Waals surface area contributed by atoms with E-state index in [1.807, 2.05) is 49.4 Å². The average molecular weight is 298 g/mol.